The molecule has 1 rings (SSSR count). The second-order valence-corrected chi connectivity index (χ2v) is 4.17. The molecule has 0 atom stereocenters. The van der Waals surface area contributed by atoms with Gasteiger partial charge in [-0.25, -0.2) is 0 Å². The molecular formula is C12H18N2O3. The van der Waals surface area contributed by atoms with Crippen LogP contribution in [0, 0.1) is 10.1 Å². The molecule has 0 fully saturated rings. The van der Waals surface area contributed by atoms with Crippen molar-refractivity contribution in [3.8, 4) is 5.75 Å². The second kappa shape index (κ2) is 6.20. The van der Waals surface area contributed by atoms with Crippen molar-refractivity contribution in [2.24, 2.45) is 0 Å². The minimum absolute atomic E-state index is 0.0369. The third-order valence-corrected chi connectivity index (χ3v) is 2.51. The van der Waals surface area contributed by atoms with Crippen LogP contribution >= 0.6 is 0 Å². The van der Waals surface area contributed by atoms with E-state index in [1.807, 2.05) is 20.2 Å². The molecule has 17 heavy (non-hydrogen) atoms. The minimum atomic E-state index is -0.408. The van der Waals surface area contributed by atoms with E-state index in [4.69, 9.17) is 4.74 Å². The van der Waals surface area contributed by atoms with E-state index in [1.54, 1.807) is 12.1 Å². The summed E-state index contributed by atoms with van der Waals surface area (Å²) < 4.78 is 4.95. The number of nitrogens with zero attached hydrogens (tertiary/aromatic N) is 2. The Bertz CT molecular complexity index is 391. The minimum Gasteiger partial charge on any atom is -0.490 e. The number of nitro benzene ring substituents is 1. The molecule has 1 aromatic carbocycles. The predicted molar refractivity (Wildman–Crippen MR) is 66.5 cm³/mol. The van der Waals surface area contributed by atoms with E-state index in [0.717, 1.165) is 24.9 Å². The first kappa shape index (κ1) is 13.4. The maximum Gasteiger partial charge on any atom is 0.311 e. The maximum atomic E-state index is 10.8. The molecule has 0 saturated carbocycles. The Morgan fingerprint density at radius 3 is 2.65 bits per heavy atom. The molecule has 0 aliphatic carbocycles. The van der Waals surface area contributed by atoms with E-state index in [2.05, 4.69) is 4.90 Å². The van der Waals surface area contributed by atoms with Crippen molar-refractivity contribution in [1.29, 1.82) is 0 Å². The number of ether oxygens (including phenoxy) is 1. The molecule has 0 spiro atoms. The van der Waals surface area contributed by atoms with E-state index in [1.165, 1.54) is 7.11 Å². The van der Waals surface area contributed by atoms with Crippen LogP contribution in [0.2, 0.25) is 0 Å². The summed E-state index contributed by atoms with van der Waals surface area (Å²) in [5.41, 5.74) is 1.01. The van der Waals surface area contributed by atoms with E-state index in [0.29, 0.717) is 5.75 Å². The third kappa shape index (κ3) is 4.03. The molecule has 94 valence electrons. The number of hydrogen-bond donors (Lipinski definition) is 0. The van der Waals surface area contributed by atoms with Gasteiger partial charge in [-0.15, -0.1) is 0 Å². The molecule has 0 aromatic heterocycles. The first-order chi connectivity index (χ1) is 8.04. The van der Waals surface area contributed by atoms with Gasteiger partial charge in [0, 0.05) is 6.07 Å². The first-order valence-corrected chi connectivity index (χ1v) is 5.50. The summed E-state index contributed by atoms with van der Waals surface area (Å²) in [4.78, 5) is 12.5. The smallest absolute Gasteiger partial charge is 0.311 e. The molecule has 0 unspecified atom stereocenters. The van der Waals surface area contributed by atoms with Gasteiger partial charge in [0.05, 0.1) is 12.0 Å². The quantitative estimate of drug-likeness (QED) is 0.562. The number of aryl methyl sites for hydroxylation is 1. The summed E-state index contributed by atoms with van der Waals surface area (Å²) in [5, 5.41) is 10.8. The Kier molecular flexibility index (Phi) is 4.90. The molecule has 5 nitrogen and oxygen atoms in total. The summed E-state index contributed by atoms with van der Waals surface area (Å²) in [6.45, 7) is 0.972. The van der Waals surface area contributed by atoms with Crippen LogP contribution in [0.1, 0.15) is 12.0 Å². The SMILES string of the molecule is COc1ccc(CCCN(C)C)cc1[N+](=O)[O-]. The summed E-state index contributed by atoms with van der Waals surface area (Å²) >= 11 is 0. The summed E-state index contributed by atoms with van der Waals surface area (Å²) in [6.07, 6.45) is 1.82. The van der Waals surface area contributed by atoms with Crippen molar-refractivity contribution < 1.29 is 9.66 Å². The van der Waals surface area contributed by atoms with Crippen LogP contribution in [0.5, 0.6) is 5.75 Å². The van der Waals surface area contributed by atoms with Crippen molar-refractivity contribution >= 4 is 5.69 Å². The lowest BCUT2D eigenvalue weighted by atomic mass is 10.1. The Morgan fingerprint density at radius 1 is 1.41 bits per heavy atom. The second-order valence-electron chi connectivity index (χ2n) is 4.17. The molecule has 0 N–H and O–H groups in total. The molecule has 0 aliphatic heterocycles. The summed E-state index contributed by atoms with van der Waals surface area (Å²) in [5.74, 6) is 0.311. The van der Waals surface area contributed by atoms with Crippen molar-refractivity contribution in [1.82, 2.24) is 4.90 Å². The average Bonchev–Trinajstić information content (AvgIpc) is 2.28. The van der Waals surface area contributed by atoms with Gasteiger partial charge in [-0.1, -0.05) is 6.07 Å². The topological polar surface area (TPSA) is 55.6 Å². The largest absolute Gasteiger partial charge is 0.490 e. The van der Waals surface area contributed by atoms with Gasteiger partial charge in [0.2, 0.25) is 0 Å². The molecule has 5 heteroatoms. The van der Waals surface area contributed by atoms with Crippen LogP contribution in [-0.4, -0.2) is 37.6 Å². The molecule has 0 saturated heterocycles. The fraction of sp³-hybridized carbons (Fsp3) is 0.500. The van der Waals surface area contributed by atoms with Crippen LogP contribution in [0.15, 0.2) is 18.2 Å². The third-order valence-electron chi connectivity index (χ3n) is 2.51. The lowest BCUT2D eigenvalue weighted by Gasteiger charge is -2.09. The molecule has 0 bridgehead atoms. The summed E-state index contributed by atoms with van der Waals surface area (Å²) in [6, 6.07) is 5.12. The fourth-order valence-corrected chi connectivity index (χ4v) is 1.63. The van der Waals surface area contributed by atoms with Crippen molar-refractivity contribution in [2.75, 3.05) is 27.7 Å². The van der Waals surface area contributed by atoms with Gasteiger partial charge >= 0.3 is 5.69 Å². The van der Waals surface area contributed by atoms with Crippen molar-refractivity contribution in [2.45, 2.75) is 12.8 Å². The monoisotopic (exact) mass is 238 g/mol. The van der Waals surface area contributed by atoms with Crippen LogP contribution in [-0.2, 0) is 6.42 Å². The Labute approximate surface area is 101 Å². The van der Waals surface area contributed by atoms with E-state index < -0.39 is 4.92 Å². The van der Waals surface area contributed by atoms with E-state index in [-0.39, 0.29) is 5.69 Å². The molecule has 0 amide bonds. The van der Waals surface area contributed by atoms with Crippen LogP contribution in [0.25, 0.3) is 0 Å². The average molecular weight is 238 g/mol. The number of hydrogen-bond acceptors (Lipinski definition) is 4. The van der Waals surface area contributed by atoms with Crippen LogP contribution in [0.4, 0.5) is 5.69 Å². The van der Waals surface area contributed by atoms with Crippen molar-refractivity contribution in [3.05, 3.63) is 33.9 Å². The number of benzene rings is 1. The van der Waals surface area contributed by atoms with Gasteiger partial charge in [-0.2, -0.15) is 0 Å². The zero-order valence-electron chi connectivity index (χ0n) is 10.5. The number of methoxy groups -OCH3 is 1. The van der Waals surface area contributed by atoms with E-state index >= 15 is 0 Å². The highest BCUT2D eigenvalue weighted by Gasteiger charge is 2.14. The zero-order chi connectivity index (χ0) is 12.8. The van der Waals surface area contributed by atoms with Gasteiger partial charge in [-0.3, -0.25) is 10.1 Å². The Morgan fingerprint density at radius 2 is 2.12 bits per heavy atom. The maximum absolute atomic E-state index is 10.8. The highest BCUT2D eigenvalue weighted by atomic mass is 16.6. The number of rotatable bonds is 6. The molecule has 0 heterocycles. The van der Waals surface area contributed by atoms with Gasteiger partial charge in [-0.05, 0) is 45.1 Å². The van der Waals surface area contributed by atoms with Crippen molar-refractivity contribution in [3.63, 3.8) is 0 Å². The lowest BCUT2D eigenvalue weighted by molar-refractivity contribution is -0.385. The molecule has 0 radical (unpaired) electrons. The van der Waals surface area contributed by atoms with Crippen LogP contribution in [0.3, 0.4) is 0 Å². The van der Waals surface area contributed by atoms with Crippen LogP contribution < -0.4 is 4.74 Å². The molecule has 1 aromatic rings. The number of nitro groups is 1. The normalized spacial score (nSPS) is 10.6. The van der Waals surface area contributed by atoms with Gasteiger partial charge in [0.1, 0.15) is 0 Å². The highest BCUT2D eigenvalue weighted by Crippen LogP contribution is 2.27. The highest BCUT2D eigenvalue weighted by molar-refractivity contribution is 5.48. The standard InChI is InChI=1S/C12H18N2O3/c1-13(2)8-4-5-10-6-7-12(17-3)11(9-10)14(15)16/h6-7,9H,4-5,8H2,1-3H3. The van der Waals surface area contributed by atoms with Gasteiger partial charge < -0.3 is 9.64 Å². The van der Waals surface area contributed by atoms with Gasteiger partial charge in [0.25, 0.3) is 0 Å². The summed E-state index contributed by atoms with van der Waals surface area (Å²) in [7, 11) is 5.46. The predicted octanol–water partition coefficient (Wildman–Crippen LogP) is 2.10. The fourth-order valence-electron chi connectivity index (χ4n) is 1.63. The Balaban J connectivity index is 2.74. The van der Waals surface area contributed by atoms with Gasteiger partial charge in [0.15, 0.2) is 5.75 Å². The zero-order valence-corrected chi connectivity index (χ0v) is 10.5. The lowest BCUT2D eigenvalue weighted by Crippen LogP contribution is -2.13. The Hall–Kier alpha value is -1.62. The molecular weight excluding hydrogens is 220 g/mol. The van der Waals surface area contributed by atoms with E-state index in [9.17, 15) is 10.1 Å². The first-order valence-electron chi connectivity index (χ1n) is 5.50. The molecule has 0 aliphatic rings.